The van der Waals surface area contributed by atoms with Gasteiger partial charge in [-0.1, -0.05) is 48.5 Å². The predicted octanol–water partition coefficient (Wildman–Crippen LogP) is 4.88. The minimum absolute atomic E-state index is 0.0474. The van der Waals surface area contributed by atoms with Crippen LogP contribution < -0.4 is 5.32 Å². The van der Waals surface area contributed by atoms with Gasteiger partial charge in [-0.25, -0.2) is 0 Å². The number of benzene rings is 2. The van der Waals surface area contributed by atoms with Crippen molar-refractivity contribution in [2.45, 2.75) is 45.6 Å². The maximum absolute atomic E-state index is 13.8. The number of likely N-dealkylation sites (N-methyl/N-ethyl adjacent to an activating group) is 1. The first-order valence-electron chi connectivity index (χ1n) is 12.7. The van der Waals surface area contributed by atoms with E-state index in [1.807, 2.05) is 56.4 Å². The van der Waals surface area contributed by atoms with Crippen molar-refractivity contribution in [3.05, 3.63) is 89.2 Å². The second kappa shape index (κ2) is 11.4. The summed E-state index contributed by atoms with van der Waals surface area (Å²) in [5.41, 5.74) is 6.03. The van der Waals surface area contributed by atoms with Crippen LogP contribution in [0.15, 0.2) is 71.9 Å². The molecule has 1 aliphatic rings. The summed E-state index contributed by atoms with van der Waals surface area (Å²) in [4.78, 5) is 33.2. The lowest BCUT2D eigenvalue weighted by Crippen LogP contribution is -2.45. The van der Waals surface area contributed by atoms with Crippen LogP contribution in [0.5, 0.6) is 0 Å². The van der Waals surface area contributed by atoms with E-state index >= 15 is 0 Å². The Morgan fingerprint density at radius 3 is 2.58 bits per heavy atom. The van der Waals surface area contributed by atoms with E-state index in [2.05, 4.69) is 42.6 Å². The van der Waals surface area contributed by atoms with Crippen LogP contribution in [0.25, 0.3) is 0 Å². The lowest BCUT2D eigenvalue weighted by Gasteiger charge is -2.31. The van der Waals surface area contributed by atoms with Gasteiger partial charge in [0.15, 0.2) is 0 Å². The van der Waals surface area contributed by atoms with E-state index in [-0.39, 0.29) is 23.8 Å². The maximum Gasteiger partial charge on any atom is 0.267 e. The molecule has 36 heavy (non-hydrogen) atoms. The van der Waals surface area contributed by atoms with Crippen molar-refractivity contribution in [2.75, 3.05) is 13.6 Å². The van der Waals surface area contributed by atoms with Gasteiger partial charge in [-0.15, -0.1) is 0 Å². The molecule has 188 valence electrons. The Kier molecular flexibility index (Phi) is 8.04. The average molecular weight is 485 g/mol. The molecule has 6 nitrogen and oxygen atoms in total. The molecule has 0 fully saturated rings. The molecule has 0 saturated carbocycles. The number of carbonyl (C=O) groups excluding carboxylic acids is 2. The highest BCUT2D eigenvalue weighted by atomic mass is 16.2. The molecule has 2 atom stereocenters. The molecule has 1 aromatic heterocycles. The van der Waals surface area contributed by atoms with Gasteiger partial charge >= 0.3 is 0 Å². The molecule has 0 spiro atoms. The normalized spacial score (nSPS) is 15.9. The molecule has 4 rings (SSSR count). The molecule has 0 bridgehead atoms. The Bertz CT molecular complexity index is 1240. The molecular weight excluding hydrogens is 448 g/mol. The largest absolute Gasteiger partial charge is 0.351 e. The number of aliphatic imine (C=N–C) groups is 1. The number of fused-ring (bicyclic) bond motifs is 1. The first-order valence-corrected chi connectivity index (χ1v) is 12.7. The van der Waals surface area contributed by atoms with Gasteiger partial charge in [0.2, 0.25) is 5.91 Å². The van der Waals surface area contributed by atoms with Gasteiger partial charge in [0.05, 0.1) is 11.6 Å². The number of carbonyl (C=O) groups is 2. The van der Waals surface area contributed by atoms with Crippen molar-refractivity contribution in [3.63, 3.8) is 0 Å². The van der Waals surface area contributed by atoms with Crippen LogP contribution in [0.1, 0.15) is 46.9 Å². The van der Waals surface area contributed by atoms with Gasteiger partial charge in [0.25, 0.3) is 5.91 Å². The van der Waals surface area contributed by atoms with Crippen LogP contribution in [-0.4, -0.2) is 46.6 Å². The van der Waals surface area contributed by atoms with Gasteiger partial charge in [-0.3, -0.25) is 14.6 Å². The summed E-state index contributed by atoms with van der Waals surface area (Å²) < 4.78 is 1.81. The Morgan fingerprint density at radius 1 is 1.08 bits per heavy atom. The van der Waals surface area contributed by atoms with Crippen LogP contribution in [0.3, 0.4) is 0 Å². The van der Waals surface area contributed by atoms with E-state index in [9.17, 15) is 9.59 Å². The van der Waals surface area contributed by atoms with Gasteiger partial charge < -0.3 is 14.8 Å². The fraction of sp³-hybridized carbons (Fsp3) is 0.367. The summed E-state index contributed by atoms with van der Waals surface area (Å²) in [6.45, 7) is 4.54. The highest BCUT2D eigenvalue weighted by Gasteiger charge is 2.31. The summed E-state index contributed by atoms with van der Waals surface area (Å²) in [6.07, 6.45) is 4.83. The molecular formula is C30H36N4O2. The molecule has 0 saturated heterocycles. The zero-order valence-electron chi connectivity index (χ0n) is 21.7. The Morgan fingerprint density at radius 2 is 1.86 bits per heavy atom. The lowest BCUT2D eigenvalue weighted by molar-refractivity contribution is -0.134. The third-order valence-corrected chi connectivity index (χ3v) is 7.26. The number of para-hydroxylation sites is 1. The van der Waals surface area contributed by atoms with E-state index in [0.29, 0.717) is 18.7 Å². The monoisotopic (exact) mass is 484 g/mol. The van der Waals surface area contributed by atoms with Crippen LogP contribution in [0, 0.1) is 12.8 Å². The molecule has 0 aliphatic carbocycles. The maximum atomic E-state index is 13.8. The van der Waals surface area contributed by atoms with Gasteiger partial charge in [0, 0.05) is 38.6 Å². The zero-order valence-corrected chi connectivity index (χ0v) is 21.7. The first kappa shape index (κ1) is 25.4. The van der Waals surface area contributed by atoms with Crippen LogP contribution >= 0.6 is 0 Å². The first-order chi connectivity index (χ1) is 17.3. The van der Waals surface area contributed by atoms with Crippen molar-refractivity contribution in [2.24, 2.45) is 18.0 Å². The van der Waals surface area contributed by atoms with Crippen molar-refractivity contribution < 1.29 is 9.59 Å². The fourth-order valence-corrected chi connectivity index (χ4v) is 5.03. The zero-order chi connectivity index (χ0) is 25.7. The summed E-state index contributed by atoms with van der Waals surface area (Å²) in [7, 11) is 3.75. The number of amides is 2. The summed E-state index contributed by atoms with van der Waals surface area (Å²) >= 11 is 0. The lowest BCUT2D eigenvalue weighted by atomic mass is 9.93. The van der Waals surface area contributed by atoms with Crippen molar-refractivity contribution in [1.82, 2.24) is 14.8 Å². The number of nitrogens with one attached hydrogen (secondary N) is 1. The number of aromatic nitrogens is 1. The summed E-state index contributed by atoms with van der Waals surface area (Å²) in [6, 6.07) is 20.1. The SMILES string of the molecule is CC1=Nc2c(C)cccc2CCC1C(=O)N(C)C(CCNC(=O)c1cccn1C)Cc1ccccc1. The molecule has 1 N–H and O–H groups in total. The van der Waals surface area contributed by atoms with E-state index in [0.717, 1.165) is 36.2 Å². The van der Waals surface area contributed by atoms with E-state index < -0.39 is 0 Å². The Hall–Kier alpha value is -3.67. The van der Waals surface area contributed by atoms with Crippen LogP contribution in [-0.2, 0) is 24.7 Å². The Labute approximate surface area is 214 Å². The topological polar surface area (TPSA) is 66.7 Å². The standard InChI is InChI=1S/C30H36N4O2/c1-21-10-8-13-24-15-16-26(22(2)32-28(21)24)30(36)34(4)25(20-23-11-6-5-7-12-23)17-18-31-29(35)27-14-9-19-33(27)3/h5-14,19,25-26H,15-18,20H2,1-4H3,(H,31,35). The quantitative estimate of drug-likeness (QED) is 0.495. The number of rotatable bonds is 8. The predicted molar refractivity (Wildman–Crippen MR) is 145 cm³/mol. The summed E-state index contributed by atoms with van der Waals surface area (Å²) in [5.74, 6) is -0.260. The van der Waals surface area contributed by atoms with Crippen LogP contribution in [0.4, 0.5) is 5.69 Å². The molecule has 3 aromatic rings. The molecule has 2 aromatic carbocycles. The molecule has 2 unspecified atom stereocenters. The second-order valence-electron chi connectivity index (χ2n) is 9.77. The minimum Gasteiger partial charge on any atom is -0.351 e. The number of aryl methyl sites for hydroxylation is 3. The van der Waals surface area contributed by atoms with E-state index in [1.165, 1.54) is 11.1 Å². The summed E-state index contributed by atoms with van der Waals surface area (Å²) in [5, 5.41) is 3.03. The molecule has 0 radical (unpaired) electrons. The van der Waals surface area contributed by atoms with Gasteiger partial charge in [-0.2, -0.15) is 0 Å². The second-order valence-corrected chi connectivity index (χ2v) is 9.77. The third-order valence-electron chi connectivity index (χ3n) is 7.26. The van der Waals surface area contributed by atoms with Crippen LogP contribution in [0.2, 0.25) is 0 Å². The minimum atomic E-state index is -0.252. The molecule has 1 aliphatic heterocycles. The van der Waals surface area contributed by atoms with Gasteiger partial charge in [-0.05, 0) is 68.4 Å². The smallest absolute Gasteiger partial charge is 0.267 e. The molecule has 6 heteroatoms. The molecule has 2 heterocycles. The highest BCUT2D eigenvalue weighted by Crippen LogP contribution is 2.31. The van der Waals surface area contributed by atoms with E-state index in [4.69, 9.17) is 4.99 Å². The van der Waals surface area contributed by atoms with E-state index in [1.54, 1.807) is 10.6 Å². The number of nitrogens with zero attached hydrogens (tertiary/aromatic N) is 3. The third kappa shape index (κ3) is 5.76. The van der Waals surface area contributed by atoms with Crippen molar-refractivity contribution in [3.8, 4) is 0 Å². The number of hydrogen-bond acceptors (Lipinski definition) is 3. The van der Waals surface area contributed by atoms with Crippen molar-refractivity contribution in [1.29, 1.82) is 0 Å². The number of hydrogen-bond donors (Lipinski definition) is 1. The Balaban J connectivity index is 1.49. The van der Waals surface area contributed by atoms with Crippen molar-refractivity contribution >= 4 is 23.2 Å². The molecule has 2 amide bonds. The fourth-order valence-electron chi connectivity index (χ4n) is 5.03. The highest BCUT2D eigenvalue weighted by molar-refractivity contribution is 6.04. The van der Waals surface area contributed by atoms with Gasteiger partial charge in [0.1, 0.15) is 5.69 Å². The average Bonchev–Trinajstić information content (AvgIpc) is 3.23.